The average molecular weight is 268 g/mol. The Labute approximate surface area is 118 Å². The quantitative estimate of drug-likeness (QED) is 0.777. The molecule has 0 amide bonds. The molecule has 0 atom stereocenters. The number of nitrogens with zero attached hydrogens (tertiary/aromatic N) is 2. The molecule has 2 aliphatic rings. The van der Waals surface area contributed by atoms with Gasteiger partial charge >= 0.3 is 0 Å². The molecule has 0 N–H and O–H groups in total. The lowest BCUT2D eigenvalue weighted by atomic mass is 9.87. The molecule has 1 aromatic rings. The number of hydrogen-bond acceptors (Lipinski definition) is 4. The second-order valence-electron chi connectivity index (χ2n) is 5.20. The molecule has 1 saturated heterocycles. The minimum Gasteiger partial charge on any atom is -0.378 e. The average Bonchev–Trinajstić information content (AvgIpc) is 2.47. The smallest absolute Gasteiger partial charge is 0.179 e. The molecule has 20 heavy (non-hydrogen) atoms. The molecule has 0 aromatic heterocycles. The van der Waals surface area contributed by atoms with Crippen LogP contribution < -0.4 is 0 Å². The SMILES string of the molecule is Cc1ccc2c(c1)C(N1CCOCC1)=C(C#N)C(=O)C2. The van der Waals surface area contributed by atoms with Crippen molar-refractivity contribution in [2.45, 2.75) is 13.3 Å². The van der Waals surface area contributed by atoms with Gasteiger partial charge in [-0.15, -0.1) is 0 Å². The number of fused-ring (bicyclic) bond motifs is 1. The zero-order chi connectivity index (χ0) is 14.1. The third-order valence-electron chi connectivity index (χ3n) is 3.83. The van der Waals surface area contributed by atoms with Crippen molar-refractivity contribution < 1.29 is 9.53 Å². The van der Waals surface area contributed by atoms with E-state index in [1.807, 2.05) is 19.1 Å². The van der Waals surface area contributed by atoms with Crippen LogP contribution in [0.2, 0.25) is 0 Å². The normalized spacial score (nSPS) is 18.8. The Hall–Kier alpha value is -2.12. The van der Waals surface area contributed by atoms with Gasteiger partial charge in [0, 0.05) is 25.1 Å². The Bertz CT molecular complexity index is 634. The van der Waals surface area contributed by atoms with Crippen LogP contribution in [0.15, 0.2) is 23.8 Å². The number of nitriles is 1. The molecular weight excluding hydrogens is 252 g/mol. The number of benzene rings is 1. The molecule has 102 valence electrons. The lowest BCUT2D eigenvalue weighted by Crippen LogP contribution is -2.37. The first-order valence-electron chi connectivity index (χ1n) is 6.81. The van der Waals surface area contributed by atoms with Crippen LogP contribution in [0.4, 0.5) is 0 Å². The van der Waals surface area contributed by atoms with Gasteiger partial charge in [0.1, 0.15) is 11.6 Å². The second-order valence-corrected chi connectivity index (χ2v) is 5.20. The summed E-state index contributed by atoms with van der Waals surface area (Å²) in [5, 5.41) is 9.37. The van der Waals surface area contributed by atoms with Gasteiger partial charge in [-0.05, 0) is 18.6 Å². The van der Waals surface area contributed by atoms with E-state index in [9.17, 15) is 10.1 Å². The number of ether oxygens (including phenoxy) is 1. The van der Waals surface area contributed by atoms with Crippen LogP contribution in [0.5, 0.6) is 0 Å². The fourth-order valence-electron chi connectivity index (χ4n) is 2.82. The number of ketones is 1. The number of rotatable bonds is 1. The van der Waals surface area contributed by atoms with Crippen molar-refractivity contribution in [3.8, 4) is 6.07 Å². The number of morpholine rings is 1. The van der Waals surface area contributed by atoms with Crippen molar-refractivity contribution >= 4 is 11.5 Å². The summed E-state index contributed by atoms with van der Waals surface area (Å²) in [4.78, 5) is 14.3. The molecule has 3 rings (SSSR count). The summed E-state index contributed by atoms with van der Waals surface area (Å²) in [6.45, 7) is 4.75. The van der Waals surface area contributed by atoms with Crippen molar-refractivity contribution in [1.82, 2.24) is 4.90 Å². The number of carbonyl (C=O) groups is 1. The molecule has 1 fully saturated rings. The first-order chi connectivity index (χ1) is 9.70. The van der Waals surface area contributed by atoms with Gasteiger partial charge < -0.3 is 9.64 Å². The van der Waals surface area contributed by atoms with Gasteiger partial charge in [-0.2, -0.15) is 5.26 Å². The summed E-state index contributed by atoms with van der Waals surface area (Å²) in [5.41, 5.74) is 4.28. The summed E-state index contributed by atoms with van der Waals surface area (Å²) in [6.07, 6.45) is 0.326. The molecule has 4 nitrogen and oxygen atoms in total. The van der Waals surface area contributed by atoms with E-state index in [1.165, 1.54) is 0 Å². The van der Waals surface area contributed by atoms with E-state index in [1.54, 1.807) is 0 Å². The third-order valence-corrected chi connectivity index (χ3v) is 3.83. The van der Waals surface area contributed by atoms with Gasteiger partial charge in [-0.25, -0.2) is 0 Å². The number of aryl methyl sites for hydroxylation is 1. The zero-order valence-electron chi connectivity index (χ0n) is 11.5. The molecule has 1 aliphatic carbocycles. The van der Waals surface area contributed by atoms with Crippen molar-refractivity contribution in [2.24, 2.45) is 0 Å². The Balaban J connectivity index is 2.16. The first-order valence-corrected chi connectivity index (χ1v) is 6.81. The molecule has 4 heteroatoms. The van der Waals surface area contributed by atoms with Gasteiger partial charge in [0.05, 0.1) is 18.9 Å². The number of Topliss-reactive ketones (excluding diaryl/α,β-unsaturated/α-hetero) is 1. The van der Waals surface area contributed by atoms with Crippen LogP contribution in [0.3, 0.4) is 0 Å². The van der Waals surface area contributed by atoms with Crippen LogP contribution >= 0.6 is 0 Å². The van der Waals surface area contributed by atoms with Gasteiger partial charge in [-0.3, -0.25) is 4.79 Å². The first kappa shape index (κ1) is 12.9. The maximum absolute atomic E-state index is 12.2. The van der Waals surface area contributed by atoms with Gasteiger partial charge in [0.2, 0.25) is 0 Å². The second kappa shape index (κ2) is 5.10. The minimum absolute atomic E-state index is 0.0784. The van der Waals surface area contributed by atoms with Crippen molar-refractivity contribution in [2.75, 3.05) is 26.3 Å². The molecule has 0 bridgehead atoms. The fourth-order valence-corrected chi connectivity index (χ4v) is 2.82. The molecule has 0 unspecified atom stereocenters. The number of hydrogen-bond donors (Lipinski definition) is 0. The van der Waals surface area contributed by atoms with E-state index in [4.69, 9.17) is 4.74 Å². The number of carbonyl (C=O) groups excluding carboxylic acids is 1. The van der Waals surface area contributed by atoms with Gasteiger partial charge in [0.25, 0.3) is 0 Å². The highest BCUT2D eigenvalue weighted by Crippen LogP contribution is 2.33. The Morgan fingerprint density at radius 2 is 2.05 bits per heavy atom. The van der Waals surface area contributed by atoms with Crippen LogP contribution in [0.1, 0.15) is 16.7 Å². The summed E-state index contributed by atoms with van der Waals surface area (Å²) >= 11 is 0. The lowest BCUT2D eigenvalue weighted by Gasteiger charge is -2.34. The predicted molar refractivity (Wildman–Crippen MR) is 74.8 cm³/mol. The highest BCUT2D eigenvalue weighted by atomic mass is 16.5. The van der Waals surface area contributed by atoms with Crippen molar-refractivity contribution in [3.63, 3.8) is 0 Å². The maximum atomic E-state index is 12.2. The molecule has 1 aromatic carbocycles. The Morgan fingerprint density at radius 3 is 2.75 bits per heavy atom. The summed E-state index contributed by atoms with van der Waals surface area (Å²) < 4.78 is 5.37. The Kier molecular flexibility index (Phi) is 3.29. The third kappa shape index (κ3) is 2.10. The molecule has 1 aliphatic heterocycles. The van der Waals surface area contributed by atoms with E-state index >= 15 is 0 Å². The Morgan fingerprint density at radius 1 is 1.30 bits per heavy atom. The largest absolute Gasteiger partial charge is 0.378 e. The van der Waals surface area contributed by atoms with E-state index in [2.05, 4.69) is 17.0 Å². The van der Waals surface area contributed by atoms with Crippen LogP contribution in [-0.4, -0.2) is 37.0 Å². The monoisotopic (exact) mass is 268 g/mol. The van der Waals surface area contributed by atoms with E-state index in [0.717, 1.165) is 35.5 Å². The summed E-state index contributed by atoms with van der Waals surface area (Å²) in [7, 11) is 0. The van der Waals surface area contributed by atoms with E-state index in [0.29, 0.717) is 25.2 Å². The van der Waals surface area contributed by atoms with E-state index < -0.39 is 0 Å². The van der Waals surface area contributed by atoms with Crippen molar-refractivity contribution in [1.29, 1.82) is 5.26 Å². The molecule has 0 radical (unpaired) electrons. The minimum atomic E-state index is -0.0784. The highest BCUT2D eigenvalue weighted by molar-refractivity contribution is 6.09. The maximum Gasteiger partial charge on any atom is 0.179 e. The summed E-state index contributed by atoms with van der Waals surface area (Å²) in [5.74, 6) is -0.0784. The standard InChI is InChI=1S/C16H16N2O2/c1-11-2-3-12-9-15(19)14(10-17)16(13(12)8-11)18-4-6-20-7-5-18/h2-3,8H,4-7,9H2,1H3. The fraction of sp³-hybridized carbons (Fsp3) is 0.375. The van der Waals surface area contributed by atoms with Crippen molar-refractivity contribution in [3.05, 3.63) is 40.5 Å². The molecule has 0 spiro atoms. The molecular formula is C16H16N2O2. The van der Waals surface area contributed by atoms with Crippen LogP contribution in [-0.2, 0) is 16.0 Å². The van der Waals surface area contributed by atoms with Gasteiger partial charge in [0.15, 0.2) is 5.78 Å². The predicted octanol–water partition coefficient (Wildman–Crippen LogP) is 1.69. The highest BCUT2D eigenvalue weighted by Gasteiger charge is 2.29. The summed E-state index contributed by atoms with van der Waals surface area (Å²) in [6, 6.07) is 8.19. The number of allylic oxidation sites excluding steroid dienone is 1. The zero-order valence-corrected chi connectivity index (χ0v) is 11.5. The van der Waals surface area contributed by atoms with Crippen LogP contribution in [0, 0.1) is 18.3 Å². The van der Waals surface area contributed by atoms with Crippen LogP contribution in [0.25, 0.3) is 5.70 Å². The molecule has 1 heterocycles. The lowest BCUT2D eigenvalue weighted by molar-refractivity contribution is -0.114. The van der Waals surface area contributed by atoms with E-state index in [-0.39, 0.29) is 5.78 Å². The topological polar surface area (TPSA) is 53.3 Å². The molecule has 0 saturated carbocycles. The van der Waals surface area contributed by atoms with Gasteiger partial charge in [-0.1, -0.05) is 17.7 Å².